The van der Waals surface area contributed by atoms with Crippen molar-refractivity contribution in [1.29, 1.82) is 0 Å². The van der Waals surface area contributed by atoms with E-state index in [0.717, 1.165) is 36.5 Å². The third-order valence-corrected chi connectivity index (χ3v) is 8.64. The highest BCUT2D eigenvalue weighted by Crippen LogP contribution is 2.61. The van der Waals surface area contributed by atoms with Gasteiger partial charge in [-0.1, -0.05) is 77.0 Å². The Morgan fingerprint density at radius 1 is 1.04 bits per heavy atom. The van der Waals surface area contributed by atoms with Gasteiger partial charge in [-0.25, -0.2) is 0 Å². The van der Waals surface area contributed by atoms with Crippen LogP contribution in [0.2, 0.25) is 0 Å². The van der Waals surface area contributed by atoms with Gasteiger partial charge in [0.15, 0.2) is 0 Å². The summed E-state index contributed by atoms with van der Waals surface area (Å²) in [5.74, 6) is 4.41. The van der Waals surface area contributed by atoms with Gasteiger partial charge in [0.2, 0.25) is 0 Å². The quantitative estimate of drug-likeness (QED) is 0.503. The molecular formula is C27H44O. The van der Waals surface area contributed by atoms with Crippen LogP contribution in [-0.2, 0) is 0 Å². The highest BCUT2D eigenvalue weighted by molar-refractivity contribution is 5.26. The first kappa shape index (κ1) is 21.9. The Kier molecular flexibility index (Phi) is 7.29. The van der Waals surface area contributed by atoms with E-state index in [1.54, 1.807) is 5.57 Å². The number of fused-ring (bicyclic) bond motifs is 3. The van der Waals surface area contributed by atoms with Crippen LogP contribution in [0.1, 0.15) is 86.0 Å². The van der Waals surface area contributed by atoms with Crippen molar-refractivity contribution in [3.8, 4) is 0 Å². The molecule has 7 unspecified atom stereocenters. The van der Waals surface area contributed by atoms with E-state index in [1.165, 1.54) is 38.5 Å². The average Bonchev–Trinajstić information content (AvgIpc) is 3.01. The molecule has 7 atom stereocenters. The van der Waals surface area contributed by atoms with E-state index < -0.39 is 0 Å². The maximum atomic E-state index is 10.1. The number of aliphatic hydroxyl groups excluding tert-OH is 1. The van der Waals surface area contributed by atoms with Crippen LogP contribution in [0, 0.1) is 40.9 Å². The average molecular weight is 385 g/mol. The minimum atomic E-state index is -0.142. The molecular weight excluding hydrogens is 340 g/mol. The number of hydrogen-bond donors (Lipinski definition) is 1. The molecule has 0 saturated heterocycles. The fourth-order valence-corrected chi connectivity index (χ4v) is 6.37. The lowest BCUT2D eigenvalue weighted by Gasteiger charge is -2.47. The first-order valence-corrected chi connectivity index (χ1v) is 12.1. The SMILES string of the molecule is CC(C)C(C)C=CC(C)C1CCC2C3=CC=CCC(O)CCCC3CCC21C. The smallest absolute Gasteiger partial charge is 0.0574 e. The summed E-state index contributed by atoms with van der Waals surface area (Å²) < 4.78 is 0. The lowest BCUT2D eigenvalue weighted by Crippen LogP contribution is -2.38. The van der Waals surface area contributed by atoms with E-state index >= 15 is 0 Å². The maximum absolute atomic E-state index is 10.1. The van der Waals surface area contributed by atoms with Crippen LogP contribution >= 0.6 is 0 Å². The van der Waals surface area contributed by atoms with Gasteiger partial charge in [0.25, 0.3) is 0 Å². The molecule has 0 aromatic rings. The molecule has 0 aromatic heterocycles. The Labute approximate surface area is 174 Å². The summed E-state index contributed by atoms with van der Waals surface area (Å²) >= 11 is 0. The van der Waals surface area contributed by atoms with Gasteiger partial charge in [0.05, 0.1) is 6.10 Å². The van der Waals surface area contributed by atoms with Crippen LogP contribution in [0.3, 0.4) is 0 Å². The van der Waals surface area contributed by atoms with Crippen molar-refractivity contribution < 1.29 is 5.11 Å². The number of aliphatic hydroxyl groups is 1. The molecule has 1 N–H and O–H groups in total. The van der Waals surface area contributed by atoms with E-state index in [2.05, 4.69) is 65.0 Å². The van der Waals surface area contributed by atoms with Crippen LogP contribution < -0.4 is 0 Å². The molecule has 1 nitrogen and oxygen atoms in total. The Hall–Kier alpha value is -0.820. The van der Waals surface area contributed by atoms with Gasteiger partial charge in [-0.2, -0.15) is 0 Å². The molecule has 2 saturated carbocycles. The minimum Gasteiger partial charge on any atom is -0.393 e. The van der Waals surface area contributed by atoms with E-state index in [0.29, 0.717) is 17.3 Å². The van der Waals surface area contributed by atoms with Crippen molar-refractivity contribution in [2.24, 2.45) is 40.9 Å². The Morgan fingerprint density at radius 2 is 1.82 bits per heavy atom. The van der Waals surface area contributed by atoms with Crippen LogP contribution in [-0.4, -0.2) is 11.2 Å². The fourth-order valence-electron chi connectivity index (χ4n) is 6.37. The third-order valence-electron chi connectivity index (χ3n) is 8.64. The molecule has 0 aromatic carbocycles. The van der Waals surface area contributed by atoms with Gasteiger partial charge in [-0.05, 0) is 85.9 Å². The van der Waals surface area contributed by atoms with Gasteiger partial charge < -0.3 is 5.11 Å². The molecule has 158 valence electrons. The van der Waals surface area contributed by atoms with E-state index in [4.69, 9.17) is 0 Å². The zero-order valence-corrected chi connectivity index (χ0v) is 19.0. The summed E-state index contributed by atoms with van der Waals surface area (Å²) in [5.41, 5.74) is 2.21. The van der Waals surface area contributed by atoms with Gasteiger partial charge in [-0.15, -0.1) is 0 Å². The molecule has 0 amide bonds. The van der Waals surface area contributed by atoms with E-state index in [9.17, 15) is 5.11 Å². The summed E-state index contributed by atoms with van der Waals surface area (Å²) in [7, 11) is 0. The minimum absolute atomic E-state index is 0.142. The Morgan fingerprint density at radius 3 is 2.57 bits per heavy atom. The second-order valence-electron chi connectivity index (χ2n) is 10.7. The zero-order valence-electron chi connectivity index (χ0n) is 19.0. The van der Waals surface area contributed by atoms with Crippen molar-refractivity contribution in [3.05, 3.63) is 36.0 Å². The first-order valence-electron chi connectivity index (χ1n) is 12.1. The van der Waals surface area contributed by atoms with E-state index in [-0.39, 0.29) is 6.10 Å². The van der Waals surface area contributed by atoms with Crippen LogP contribution in [0.4, 0.5) is 0 Å². The topological polar surface area (TPSA) is 20.2 Å². The number of allylic oxidation sites excluding steroid dienone is 5. The molecule has 3 aliphatic rings. The Bertz CT molecular complexity index is 597. The van der Waals surface area contributed by atoms with E-state index in [1.807, 2.05) is 0 Å². The molecule has 3 rings (SSSR count). The highest BCUT2D eigenvalue weighted by atomic mass is 16.3. The number of hydrogen-bond acceptors (Lipinski definition) is 1. The summed E-state index contributed by atoms with van der Waals surface area (Å²) in [6.45, 7) is 12.1. The highest BCUT2D eigenvalue weighted by Gasteiger charge is 2.52. The normalized spacial score (nSPS) is 38.8. The van der Waals surface area contributed by atoms with Gasteiger partial charge in [0.1, 0.15) is 0 Å². The monoisotopic (exact) mass is 384 g/mol. The molecule has 28 heavy (non-hydrogen) atoms. The van der Waals surface area contributed by atoms with Crippen molar-refractivity contribution >= 4 is 0 Å². The predicted octanol–water partition coefficient (Wildman–Crippen LogP) is 7.33. The van der Waals surface area contributed by atoms with Crippen molar-refractivity contribution in [2.75, 3.05) is 0 Å². The first-order chi connectivity index (χ1) is 13.3. The van der Waals surface area contributed by atoms with Gasteiger partial charge >= 0.3 is 0 Å². The maximum Gasteiger partial charge on any atom is 0.0574 e. The molecule has 0 aliphatic heterocycles. The van der Waals surface area contributed by atoms with Crippen molar-refractivity contribution in [1.82, 2.24) is 0 Å². The molecule has 1 heteroatoms. The molecule has 0 bridgehead atoms. The van der Waals surface area contributed by atoms with Crippen LogP contribution in [0.25, 0.3) is 0 Å². The molecule has 0 heterocycles. The number of rotatable bonds is 4. The van der Waals surface area contributed by atoms with Gasteiger partial charge in [0, 0.05) is 0 Å². The Balaban J connectivity index is 1.78. The lowest BCUT2D eigenvalue weighted by molar-refractivity contribution is 0.0899. The van der Waals surface area contributed by atoms with Crippen LogP contribution in [0.5, 0.6) is 0 Å². The third kappa shape index (κ3) is 4.66. The molecule has 0 radical (unpaired) electrons. The molecule has 0 spiro atoms. The summed E-state index contributed by atoms with van der Waals surface area (Å²) in [6, 6.07) is 0. The summed E-state index contributed by atoms with van der Waals surface area (Å²) in [4.78, 5) is 0. The van der Waals surface area contributed by atoms with Crippen molar-refractivity contribution in [2.45, 2.75) is 92.1 Å². The predicted molar refractivity (Wildman–Crippen MR) is 121 cm³/mol. The summed E-state index contributed by atoms with van der Waals surface area (Å²) in [5, 5.41) is 10.1. The molecule has 2 fully saturated rings. The second-order valence-corrected chi connectivity index (χ2v) is 10.7. The standard InChI is InChI=1S/C27H44O/c1-19(2)20(3)13-14-21(4)25-15-16-26-24-12-7-6-10-23(28)11-8-9-22(24)17-18-27(25,26)5/h6-7,12-14,19-23,25-26,28H,8-11,15-18H2,1-5H3. The molecule has 3 aliphatic carbocycles. The largest absolute Gasteiger partial charge is 0.393 e. The van der Waals surface area contributed by atoms with Gasteiger partial charge in [-0.3, -0.25) is 0 Å². The summed E-state index contributed by atoms with van der Waals surface area (Å²) in [6.07, 6.45) is 21.5. The zero-order chi connectivity index (χ0) is 20.3. The second kappa shape index (κ2) is 9.33. The fraction of sp³-hybridized carbons (Fsp3) is 0.778. The van der Waals surface area contributed by atoms with Crippen molar-refractivity contribution in [3.63, 3.8) is 0 Å². The van der Waals surface area contributed by atoms with Crippen LogP contribution in [0.15, 0.2) is 36.0 Å². The lowest BCUT2D eigenvalue weighted by atomic mass is 9.58.